The molecule has 0 radical (unpaired) electrons. The van der Waals surface area contributed by atoms with Crippen molar-refractivity contribution < 1.29 is 24.0 Å². The van der Waals surface area contributed by atoms with E-state index in [1.54, 1.807) is 6.92 Å². The van der Waals surface area contributed by atoms with Gasteiger partial charge in [0.1, 0.15) is 17.3 Å². The van der Waals surface area contributed by atoms with Gasteiger partial charge in [0.25, 0.3) is 5.69 Å². The van der Waals surface area contributed by atoms with Gasteiger partial charge in [0.2, 0.25) is 11.6 Å². The molecule has 0 unspecified atom stereocenters. The summed E-state index contributed by atoms with van der Waals surface area (Å²) in [6.07, 6.45) is 1.08. The lowest BCUT2D eigenvalue weighted by Gasteiger charge is -2.03. The summed E-state index contributed by atoms with van der Waals surface area (Å²) in [5, 5.41) is 20.9. The first-order valence-corrected chi connectivity index (χ1v) is 6.91. The lowest BCUT2D eigenvalue weighted by Crippen LogP contribution is -2.05. The molecule has 0 aliphatic heterocycles. The summed E-state index contributed by atoms with van der Waals surface area (Å²) >= 11 is 0. The number of rotatable bonds is 4. The molecule has 0 atom stereocenters. The van der Waals surface area contributed by atoms with Gasteiger partial charge in [0, 0.05) is 17.7 Å². The summed E-state index contributed by atoms with van der Waals surface area (Å²) in [5.41, 5.74) is 0.0141. The van der Waals surface area contributed by atoms with Crippen molar-refractivity contribution in [2.75, 3.05) is 6.61 Å². The van der Waals surface area contributed by atoms with Crippen molar-refractivity contribution >= 4 is 22.8 Å². The van der Waals surface area contributed by atoms with Gasteiger partial charge in [-0.25, -0.2) is 14.8 Å². The number of carbonyl (C=O) groups excluding carboxylic acids is 1. The number of nitro benzene ring substituents is 1. The summed E-state index contributed by atoms with van der Waals surface area (Å²) < 4.78 is 10.5. The maximum Gasteiger partial charge on any atom is 0.342 e. The molecule has 1 N–H and O–H groups in total. The molecule has 0 saturated heterocycles. The molecule has 9 heteroatoms. The van der Waals surface area contributed by atoms with E-state index in [2.05, 4.69) is 9.97 Å². The highest BCUT2D eigenvalue weighted by molar-refractivity contribution is 6.09. The van der Waals surface area contributed by atoms with Crippen LogP contribution in [0.15, 0.2) is 35.0 Å². The number of ether oxygens (including phenoxy) is 1. The van der Waals surface area contributed by atoms with Crippen molar-refractivity contribution in [1.29, 1.82) is 0 Å². The second-order valence-corrected chi connectivity index (χ2v) is 4.71. The summed E-state index contributed by atoms with van der Waals surface area (Å²) in [4.78, 5) is 30.2. The molecule has 122 valence electrons. The molecule has 3 aromatic rings. The molecule has 0 amide bonds. The first-order valence-electron chi connectivity index (χ1n) is 6.91. The minimum Gasteiger partial charge on any atom is -0.493 e. The van der Waals surface area contributed by atoms with Gasteiger partial charge in [-0.15, -0.1) is 0 Å². The molecule has 2 aromatic heterocycles. The SMILES string of the molecule is CCOC(=O)c1c(-c2cccc([N+](=O)[O-])c2)oc2ncnc(O)c12. The van der Waals surface area contributed by atoms with Crippen molar-refractivity contribution in [1.82, 2.24) is 9.97 Å². The number of nitrogens with zero attached hydrogens (tertiary/aromatic N) is 3. The molecular formula is C15H11N3O6. The van der Waals surface area contributed by atoms with Gasteiger partial charge < -0.3 is 14.3 Å². The van der Waals surface area contributed by atoms with Gasteiger partial charge in [0.15, 0.2) is 5.76 Å². The van der Waals surface area contributed by atoms with Crippen LogP contribution in [0.5, 0.6) is 5.88 Å². The maximum absolute atomic E-state index is 12.3. The molecule has 2 heterocycles. The second-order valence-electron chi connectivity index (χ2n) is 4.71. The zero-order valence-corrected chi connectivity index (χ0v) is 12.4. The van der Waals surface area contributed by atoms with Crippen LogP contribution < -0.4 is 0 Å². The van der Waals surface area contributed by atoms with E-state index in [4.69, 9.17) is 9.15 Å². The standard InChI is InChI=1S/C15H11N3O6/c1-2-23-15(20)10-11-13(19)16-7-17-14(11)24-12(10)8-4-3-5-9(6-8)18(21)22/h3-7H,2H2,1H3,(H,16,17,19). The van der Waals surface area contributed by atoms with Gasteiger partial charge in [-0.3, -0.25) is 10.1 Å². The average molecular weight is 329 g/mol. The van der Waals surface area contributed by atoms with Crippen molar-refractivity contribution in [3.63, 3.8) is 0 Å². The fraction of sp³-hybridized carbons (Fsp3) is 0.133. The lowest BCUT2D eigenvalue weighted by atomic mass is 10.1. The van der Waals surface area contributed by atoms with Crippen LogP contribution >= 0.6 is 0 Å². The van der Waals surface area contributed by atoms with Crippen LogP contribution in [0.25, 0.3) is 22.4 Å². The molecule has 0 bridgehead atoms. The van der Waals surface area contributed by atoms with E-state index in [9.17, 15) is 20.0 Å². The molecule has 0 spiro atoms. The molecule has 3 rings (SSSR count). The summed E-state index contributed by atoms with van der Waals surface area (Å²) in [5.74, 6) is -1.17. The number of aromatic nitrogens is 2. The number of carbonyl (C=O) groups is 1. The minimum absolute atomic E-state index is 0.00236. The highest BCUT2D eigenvalue weighted by atomic mass is 16.6. The Balaban J connectivity index is 2.29. The van der Waals surface area contributed by atoms with Gasteiger partial charge in [-0.05, 0) is 6.92 Å². The smallest absolute Gasteiger partial charge is 0.342 e. The van der Waals surface area contributed by atoms with E-state index < -0.39 is 16.8 Å². The van der Waals surface area contributed by atoms with E-state index in [1.807, 2.05) is 0 Å². The monoisotopic (exact) mass is 329 g/mol. The van der Waals surface area contributed by atoms with Crippen LogP contribution in [0.4, 0.5) is 5.69 Å². The zero-order valence-electron chi connectivity index (χ0n) is 12.4. The Labute approximate surface area is 134 Å². The van der Waals surface area contributed by atoms with E-state index in [0.29, 0.717) is 0 Å². The predicted molar refractivity (Wildman–Crippen MR) is 81.5 cm³/mol. The molecule has 0 saturated carbocycles. The predicted octanol–water partition coefficient (Wildman–Crippen LogP) is 2.68. The van der Waals surface area contributed by atoms with Gasteiger partial charge in [0.05, 0.1) is 11.5 Å². The number of esters is 1. The van der Waals surface area contributed by atoms with Gasteiger partial charge >= 0.3 is 5.97 Å². The van der Waals surface area contributed by atoms with E-state index >= 15 is 0 Å². The average Bonchev–Trinajstić information content (AvgIpc) is 2.96. The van der Waals surface area contributed by atoms with Gasteiger partial charge in [-0.2, -0.15) is 0 Å². The quantitative estimate of drug-likeness (QED) is 0.439. The number of benzene rings is 1. The van der Waals surface area contributed by atoms with Crippen molar-refractivity contribution in [2.45, 2.75) is 6.92 Å². The van der Waals surface area contributed by atoms with E-state index in [1.165, 1.54) is 24.3 Å². The number of aromatic hydroxyl groups is 1. The normalized spacial score (nSPS) is 10.7. The maximum atomic E-state index is 12.3. The summed E-state index contributed by atoms with van der Waals surface area (Å²) in [7, 11) is 0. The Morgan fingerprint density at radius 1 is 1.42 bits per heavy atom. The molecule has 0 fully saturated rings. The largest absolute Gasteiger partial charge is 0.493 e. The zero-order chi connectivity index (χ0) is 17.3. The summed E-state index contributed by atoms with van der Waals surface area (Å²) in [6.45, 7) is 1.73. The number of fused-ring (bicyclic) bond motifs is 1. The lowest BCUT2D eigenvalue weighted by molar-refractivity contribution is -0.384. The number of hydrogen-bond donors (Lipinski definition) is 1. The van der Waals surface area contributed by atoms with E-state index in [0.717, 1.165) is 6.33 Å². The Kier molecular flexibility index (Phi) is 3.82. The topological polar surface area (TPSA) is 129 Å². The fourth-order valence-electron chi connectivity index (χ4n) is 2.28. The van der Waals surface area contributed by atoms with E-state index in [-0.39, 0.29) is 40.3 Å². The molecule has 9 nitrogen and oxygen atoms in total. The molecule has 0 aliphatic carbocycles. The molecule has 1 aromatic carbocycles. The third kappa shape index (κ3) is 2.51. The van der Waals surface area contributed by atoms with Crippen LogP contribution in [0.1, 0.15) is 17.3 Å². The van der Waals surface area contributed by atoms with Crippen molar-refractivity contribution in [3.8, 4) is 17.2 Å². The van der Waals surface area contributed by atoms with Crippen LogP contribution in [0.2, 0.25) is 0 Å². The fourth-order valence-corrected chi connectivity index (χ4v) is 2.28. The number of hydrogen-bond acceptors (Lipinski definition) is 8. The number of furan rings is 1. The Morgan fingerprint density at radius 2 is 2.21 bits per heavy atom. The number of nitro groups is 1. The number of non-ortho nitro benzene ring substituents is 1. The van der Waals surface area contributed by atoms with Crippen LogP contribution in [-0.2, 0) is 4.74 Å². The Hall–Kier alpha value is -3.49. The Morgan fingerprint density at radius 3 is 2.92 bits per heavy atom. The first kappa shape index (κ1) is 15.4. The molecular weight excluding hydrogens is 318 g/mol. The highest BCUT2D eigenvalue weighted by Crippen LogP contribution is 2.37. The van der Waals surface area contributed by atoms with Crippen molar-refractivity contribution in [3.05, 3.63) is 46.3 Å². The van der Waals surface area contributed by atoms with Crippen LogP contribution in [-0.4, -0.2) is 32.6 Å². The van der Waals surface area contributed by atoms with Crippen molar-refractivity contribution in [2.24, 2.45) is 0 Å². The molecule has 0 aliphatic rings. The third-order valence-corrected chi connectivity index (χ3v) is 3.27. The minimum atomic E-state index is -0.747. The molecule has 24 heavy (non-hydrogen) atoms. The summed E-state index contributed by atoms with van der Waals surface area (Å²) in [6, 6.07) is 5.57. The van der Waals surface area contributed by atoms with Gasteiger partial charge in [-0.1, -0.05) is 12.1 Å². The second kappa shape index (κ2) is 5.95. The first-order chi connectivity index (χ1) is 11.5. The highest BCUT2D eigenvalue weighted by Gasteiger charge is 2.27. The third-order valence-electron chi connectivity index (χ3n) is 3.27. The van der Waals surface area contributed by atoms with Crippen LogP contribution in [0.3, 0.4) is 0 Å². The van der Waals surface area contributed by atoms with Crippen LogP contribution in [0, 0.1) is 10.1 Å². The Bertz CT molecular complexity index is 950.